The summed E-state index contributed by atoms with van der Waals surface area (Å²) < 4.78 is 41.7. The van der Waals surface area contributed by atoms with E-state index in [2.05, 4.69) is 10.1 Å². The molecule has 4 nitrogen and oxygen atoms in total. The summed E-state index contributed by atoms with van der Waals surface area (Å²) in [6, 6.07) is 6.83. The first kappa shape index (κ1) is 15.5. The fraction of sp³-hybridized carbons (Fsp3) is 0.308. The Labute approximate surface area is 122 Å². The van der Waals surface area contributed by atoms with Crippen LogP contribution in [0.5, 0.6) is 0 Å². The van der Waals surface area contributed by atoms with Gasteiger partial charge in [-0.2, -0.15) is 18.2 Å². The van der Waals surface area contributed by atoms with E-state index >= 15 is 0 Å². The molecule has 0 amide bonds. The van der Waals surface area contributed by atoms with E-state index in [-0.39, 0.29) is 18.1 Å². The van der Waals surface area contributed by atoms with Crippen LogP contribution in [0.15, 0.2) is 28.8 Å². The molecule has 0 saturated carbocycles. The maximum absolute atomic E-state index is 12.3. The smallest absolute Gasteiger partial charge is 0.339 e. The summed E-state index contributed by atoms with van der Waals surface area (Å²) in [4.78, 5) is 14.9. The van der Waals surface area contributed by atoms with Crippen LogP contribution in [-0.4, -0.2) is 22.1 Å². The van der Waals surface area contributed by atoms with Gasteiger partial charge in [-0.25, -0.2) is 0 Å². The predicted octanol–water partition coefficient (Wildman–Crippen LogP) is 3.55. The second kappa shape index (κ2) is 5.85. The Bertz CT molecular complexity index is 638. The summed E-state index contributed by atoms with van der Waals surface area (Å²) in [5.41, 5.74) is 0.821. The molecule has 8 heteroatoms. The molecule has 2 rings (SSSR count). The van der Waals surface area contributed by atoms with Gasteiger partial charge in [0.1, 0.15) is 5.92 Å². The lowest BCUT2D eigenvalue weighted by Crippen LogP contribution is -2.27. The van der Waals surface area contributed by atoms with E-state index in [9.17, 15) is 18.0 Å². The summed E-state index contributed by atoms with van der Waals surface area (Å²) in [6.45, 7) is 1.08. The number of nitrogens with zero attached hydrogens (tertiary/aromatic N) is 2. The highest BCUT2D eigenvalue weighted by Crippen LogP contribution is 2.26. The number of Topliss-reactive ketones (excluding diaryl/α,β-unsaturated/α-hetero) is 1. The second-order valence-corrected chi connectivity index (χ2v) is 4.87. The summed E-state index contributed by atoms with van der Waals surface area (Å²) in [7, 11) is 0. The minimum Gasteiger partial charge on any atom is -0.339 e. The standard InChI is InChI=1S/C13H10ClF3N2O2/c1-7(11(20)13(15,16)17)12-18-10(19-21-12)6-8-2-4-9(14)5-3-8/h2-5,7H,6H2,1H3. The van der Waals surface area contributed by atoms with Gasteiger partial charge in [0.25, 0.3) is 0 Å². The summed E-state index contributed by atoms with van der Waals surface area (Å²) >= 11 is 5.74. The molecule has 0 spiro atoms. The third-order valence-corrected chi connectivity index (χ3v) is 3.05. The van der Waals surface area contributed by atoms with Crippen LogP contribution in [-0.2, 0) is 11.2 Å². The van der Waals surface area contributed by atoms with E-state index in [1.54, 1.807) is 24.3 Å². The first-order chi connectivity index (χ1) is 9.77. The normalized spacial score (nSPS) is 13.2. The molecule has 0 aliphatic heterocycles. The van der Waals surface area contributed by atoms with Gasteiger partial charge >= 0.3 is 6.18 Å². The average molecular weight is 319 g/mol. The first-order valence-electron chi connectivity index (χ1n) is 5.95. The number of ketones is 1. The van der Waals surface area contributed by atoms with Crippen LogP contribution in [0.3, 0.4) is 0 Å². The molecule has 0 radical (unpaired) electrons. The van der Waals surface area contributed by atoms with Crippen molar-refractivity contribution in [3.05, 3.63) is 46.6 Å². The number of hydrogen-bond acceptors (Lipinski definition) is 4. The molecule has 112 valence electrons. The second-order valence-electron chi connectivity index (χ2n) is 4.44. The third-order valence-electron chi connectivity index (χ3n) is 2.80. The minimum absolute atomic E-state index is 0.203. The lowest BCUT2D eigenvalue weighted by molar-refractivity contribution is -0.172. The number of aromatic nitrogens is 2. The topological polar surface area (TPSA) is 56.0 Å². The molecular formula is C13H10ClF3N2O2. The van der Waals surface area contributed by atoms with E-state index in [1.807, 2.05) is 0 Å². The monoisotopic (exact) mass is 318 g/mol. The molecule has 1 aromatic heterocycles. The molecule has 1 unspecified atom stereocenters. The lowest BCUT2D eigenvalue weighted by Gasteiger charge is -2.08. The highest BCUT2D eigenvalue weighted by Gasteiger charge is 2.43. The molecule has 21 heavy (non-hydrogen) atoms. The molecule has 0 bridgehead atoms. The number of rotatable bonds is 4. The van der Waals surface area contributed by atoms with Crippen molar-refractivity contribution in [1.29, 1.82) is 0 Å². The van der Waals surface area contributed by atoms with Crippen LogP contribution in [0.25, 0.3) is 0 Å². The van der Waals surface area contributed by atoms with Gasteiger partial charge in [0, 0.05) is 11.4 Å². The van der Waals surface area contributed by atoms with E-state index in [1.165, 1.54) is 0 Å². The fourth-order valence-corrected chi connectivity index (χ4v) is 1.78. The molecule has 1 heterocycles. The van der Waals surface area contributed by atoms with E-state index < -0.39 is 17.9 Å². The van der Waals surface area contributed by atoms with Gasteiger partial charge in [0.05, 0.1) is 0 Å². The van der Waals surface area contributed by atoms with Gasteiger partial charge in [-0.1, -0.05) is 28.9 Å². The molecule has 0 aliphatic carbocycles. The molecule has 0 aliphatic rings. The minimum atomic E-state index is -4.93. The summed E-state index contributed by atoms with van der Waals surface area (Å²) in [6.07, 6.45) is -4.65. The lowest BCUT2D eigenvalue weighted by atomic mass is 10.1. The van der Waals surface area contributed by atoms with Crippen molar-refractivity contribution in [2.45, 2.75) is 25.4 Å². The van der Waals surface area contributed by atoms with Gasteiger partial charge in [-0.05, 0) is 24.6 Å². The number of carbonyl (C=O) groups excluding carboxylic acids is 1. The molecular weight excluding hydrogens is 309 g/mol. The Morgan fingerprint density at radius 3 is 2.52 bits per heavy atom. The van der Waals surface area contributed by atoms with Crippen molar-refractivity contribution in [3.63, 3.8) is 0 Å². The zero-order chi connectivity index (χ0) is 15.6. The van der Waals surface area contributed by atoms with Crippen LogP contribution < -0.4 is 0 Å². The van der Waals surface area contributed by atoms with Crippen molar-refractivity contribution in [2.75, 3.05) is 0 Å². The van der Waals surface area contributed by atoms with Crippen LogP contribution in [0.4, 0.5) is 13.2 Å². The Morgan fingerprint density at radius 1 is 1.33 bits per heavy atom. The van der Waals surface area contributed by atoms with E-state index in [4.69, 9.17) is 16.1 Å². The van der Waals surface area contributed by atoms with Gasteiger partial charge in [-0.15, -0.1) is 0 Å². The maximum atomic E-state index is 12.3. The van der Waals surface area contributed by atoms with E-state index in [0.29, 0.717) is 5.02 Å². The number of benzene rings is 1. The maximum Gasteiger partial charge on any atom is 0.450 e. The van der Waals surface area contributed by atoms with Gasteiger partial charge < -0.3 is 4.52 Å². The SMILES string of the molecule is CC(C(=O)C(F)(F)F)c1nc(Cc2ccc(Cl)cc2)no1. The Balaban J connectivity index is 2.11. The predicted molar refractivity (Wildman–Crippen MR) is 68.0 cm³/mol. The number of alkyl halides is 3. The third kappa shape index (κ3) is 3.81. The highest BCUT2D eigenvalue weighted by atomic mass is 35.5. The van der Waals surface area contributed by atoms with Crippen LogP contribution in [0.2, 0.25) is 5.02 Å². The average Bonchev–Trinajstić information content (AvgIpc) is 2.87. The van der Waals surface area contributed by atoms with Crippen LogP contribution in [0.1, 0.15) is 30.1 Å². The molecule has 0 fully saturated rings. The van der Waals surface area contributed by atoms with Crippen molar-refractivity contribution >= 4 is 17.4 Å². The van der Waals surface area contributed by atoms with Crippen molar-refractivity contribution in [3.8, 4) is 0 Å². The fourth-order valence-electron chi connectivity index (χ4n) is 1.66. The molecule has 2 aromatic rings. The van der Waals surface area contributed by atoms with Crippen LogP contribution >= 0.6 is 11.6 Å². The van der Waals surface area contributed by atoms with Crippen molar-refractivity contribution in [1.82, 2.24) is 10.1 Å². The quantitative estimate of drug-likeness (QED) is 0.865. The van der Waals surface area contributed by atoms with Gasteiger partial charge in [-0.3, -0.25) is 4.79 Å². The number of halogens is 4. The Kier molecular flexibility index (Phi) is 4.32. The molecule has 1 atom stereocenters. The first-order valence-corrected chi connectivity index (χ1v) is 6.33. The Morgan fingerprint density at radius 2 is 1.95 bits per heavy atom. The zero-order valence-electron chi connectivity index (χ0n) is 10.8. The molecule has 0 saturated heterocycles. The Hall–Kier alpha value is -1.89. The summed E-state index contributed by atoms with van der Waals surface area (Å²) in [5.74, 6) is -3.57. The molecule has 1 aromatic carbocycles. The van der Waals surface area contributed by atoms with Gasteiger partial charge in [0.2, 0.25) is 11.7 Å². The summed E-state index contributed by atoms with van der Waals surface area (Å²) in [5, 5.41) is 4.15. The van der Waals surface area contributed by atoms with Crippen LogP contribution in [0, 0.1) is 0 Å². The van der Waals surface area contributed by atoms with E-state index in [0.717, 1.165) is 12.5 Å². The number of hydrogen-bond donors (Lipinski definition) is 0. The highest BCUT2D eigenvalue weighted by molar-refractivity contribution is 6.30. The zero-order valence-corrected chi connectivity index (χ0v) is 11.6. The van der Waals surface area contributed by atoms with Crippen molar-refractivity contribution in [2.24, 2.45) is 0 Å². The molecule has 0 N–H and O–H groups in total. The van der Waals surface area contributed by atoms with Crippen molar-refractivity contribution < 1.29 is 22.5 Å². The van der Waals surface area contributed by atoms with Gasteiger partial charge in [0.15, 0.2) is 5.82 Å². The number of carbonyl (C=O) groups is 1. The largest absolute Gasteiger partial charge is 0.450 e.